The fraction of sp³-hybridized carbons (Fsp3) is 0.174. The van der Waals surface area contributed by atoms with Crippen molar-refractivity contribution >= 4 is 45.0 Å². The highest BCUT2D eigenvalue weighted by Crippen LogP contribution is 2.34. The van der Waals surface area contributed by atoms with Crippen molar-refractivity contribution in [2.45, 2.75) is 24.8 Å². The van der Waals surface area contributed by atoms with Crippen molar-refractivity contribution < 1.29 is 18.0 Å². The van der Waals surface area contributed by atoms with Crippen molar-refractivity contribution in [2.24, 2.45) is 0 Å². The van der Waals surface area contributed by atoms with Gasteiger partial charge in [0.05, 0.1) is 27.9 Å². The molecule has 4 aromatic rings. The summed E-state index contributed by atoms with van der Waals surface area (Å²) in [5.41, 5.74) is -0.951. The Bertz CT molecular complexity index is 1380. The number of nitrogens with zero attached hydrogens (tertiary/aromatic N) is 2. The second-order valence-corrected chi connectivity index (χ2v) is 7.98. The molecule has 0 aliphatic heterocycles. The number of aromatic nitrogens is 2. The third-order valence-electron chi connectivity index (χ3n) is 4.94. The first-order valence-corrected chi connectivity index (χ1v) is 10.8. The summed E-state index contributed by atoms with van der Waals surface area (Å²) >= 11 is 1.01. The molecule has 1 amide bonds. The van der Waals surface area contributed by atoms with Crippen LogP contribution >= 0.6 is 11.8 Å². The normalized spacial score (nSPS) is 11.8. The third-order valence-corrected chi connectivity index (χ3v) is 5.92. The van der Waals surface area contributed by atoms with Gasteiger partial charge in [0.15, 0.2) is 5.16 Å². The maximum atomic E-state index is 13.1. The van der Waals surface area contributed by atoms with E-state index in [0.717, 1.165) is 28.6 Å². The monoisotopic (exact) mass is 457 g/mol. The zero-order valence-electron chi connectivity index (χ0n) is 16.9. The van der Waals surface area contributed by atoms with Crippen molar-refractivity contribution in [3.63, 3.8) is 0 Å². The summed E-state index contributed by atoms with van der Waals surface area (Å²) in [7, 11) is 0. The van der Waals surface area contributed by atoms with Crippen molar-refractivity contribution in [1.82, 2.24) is 9.55 Å². The molecule has 5 nitrogen and oxygen atoms in total. The Morgan fingerprint density at radius 2 is 1.72 bits per heavy atom. The molecule has 9 heteroatoms. The van der Waals surface area contributed by atoms with E-state index in [1.54, 1.807) is 13.0 Å². The number of rotatable bonds is 5. The van der Waals surface area contributed by atoms with Gasteiger partial charge in [-0.2, -0.15) is 13.2 Å². The lowest BCUT2D eigenvalue weighted by molar-refractivity contribution is -0.137. The minimum atomic E-state index is -4.58. The first-order valence-electron chi connectivity index (χ1n) is 9.80. The van der Waals surface area contributed by atoms with Gasteiger partial charge in [-0.05, 0) is 42.0 Å². The molecule has 1 heterocycles. The molecule has 0 radical (unpaired) electrons. The third kappa shape index (κ3) is 4.34. The SMILES string of the molecule is CCn1c(SCC(=O)Nc2ccccc2C(F)(F)F)nc2cc3ccccc3cc2c1=O. The lowest BCUT2D eigenvalue weighted by Crippen LogP contribution is -2.24. The lowest BCUT2D eigenvalue weighted by atomic mass is 10.1. The smallest absolute Gasteiger partial charge is 0.325 e. The molecule has 1 aromatic heterocycles. The van der Waals surface area contributed by atoms with E-state index in [0.29, 0.717) is 22.6 Å². The Morgan fingerprint density at radius 3 is 2.41 bits per heavy atom. The number of carbonyl (C=O) groups excluding carboxylic acids is 1. The van der Waals surface area contributed by atoms with Gasteiger partial charge >= 0.3 is 6.18 Å². The summed E-state index contributed by atoms with van der Waals surface area (Å²) in [6.07, 6.45) is -4.58. The summed E-state index contributed by atoms with van der Waals surface area (Å²) in [6.45, 7) is 2.13. The van der Waals surface area contributed by atoms with Gasteiger partial charge in [-0.3, -0.25) is 14.2 Å². The summed E-state index contributed by atoms with van der Waals surface area (Å²) in [4.78, 5) is 29.9. The number of hydrogen-bond donors (Lipinski definition) is 1. The highest BCUT2D eigenvalue weighted by molar-refractivity contribution is 7.99. The molecule has 4 rings (SSSR count). The molecule has 0 saturated heterocycles. The number of halogens is 3. The molecule has 0 spiro atoms. The summed E-state index contributed by atoms with van der Waals surface area (Å²) in [6, 6.07) is 16.0. The zero-order valence-corrected chi connectivity index (χ0v) is 17.8. The number of benzene rings is 3. The van der Waals surface area contributed by atoms with Gasteiger partial charge in [-0.25, -0.2) is 4.98 Å². The standard InChI is InChI=1S/C23H18F3N3O2S/c1-2-29-21(31)16-11-14-7-3-4-8-15(14)12-19(16)28-22(29)32-13-20(30)27-18-10-6-5-9-17(18)23(24,25)26/h3-12H,2,13H2,1H3,(H,27,30). The topological polar surface area (TPSA) is 64.0 Å². The Balaban J connectivity index is 1.61. The second-order valence-electron chi connectivity index (χ2n) is 7.04. The van der Waals surface area contributed by atoms with Gasteiger partial charge in [0, 0.05) is 6.54 Å². The van der Waals surface area contributed by atoms with Gasteiger partial charge in [0.25, 0.3) is 5.56 Å². The molecule has 164 valence electrons. The average molecular weight is 457 g/mol. The van der Waals surface area contributed by atoms with E-state index in [1.165, 1.54) is 22.8 Å². The molecule has 1 N–H and O–H groups in total. The largest absolute Gasteiger partial charge is 0.418 e. The predicted molar refractivity (Wildman–Crippen MR) is 120 cm³/mol. The van der Waals surface area contributed by atoms with Crippen molar-refractivity contribution in [3.8, 4) is 0 Å². The molecule has 0 saturated carbocycles. The number of amides is 1. The van der Waals surface area contributed by atoms with Gasteiger partial charge in [0.2, 0.25) is 5.91 Å². The van der Waals surface area contributed by atoms with Crippen LogP contribution in [0.2, 0.25) is 0 Å². The van der Waals surface area contributed by atoms with Crippen LogP contribution in [-0.4, -0.2) is 21.2 Å². The lowest BCUT2D eigenvalue weighted by Gasteiger charge is -2.14. The second kappa shape index (κ2) is 8.66. The van der Waals surface area contributed by atoms with Crippen LogP contribution in [0.1, 0.15) is 12.5 Å². The number of para-hydroxylation sites is 1. The molecule has 0 bridgehead atoms. The van der Waals surface area contributed by atoms with Crippen LogP contribution in [0.5, 0.6) is 0 Å². The minimum Gasteiger partial charge on any atom is -0.325 e. The molecule has 0 aliphatic rings. The Hall–Kier alpha value is -3.33. The maximum Gasteiger partial charge on any atom is 0.418 e. The van der Waals surface area contributed by atoms with Gasteiger partial charge in [0.1, 0.15) is 0 Å². The van der Waals surface area contributed by atoms with Gasteiger partial charge in [-0.1, -0.05) is 48.2 Å². The fourth-order valence-corrected chi connectivity index (χ4v) is 4.30. The van der Waals surface area contributed by atoms with Crippen LogP contribution in [0, 0.1) is 0 Å². The zero-order chi connectivity index (χ0) is 22.9. The van der Waals surface area contributed by atoms with E-state index in [1.807, 2.05) is 30.3 Å². The minimum absolute atomic E-state index is 0.197. The van der Waals surface area contributed by atoms with Crippen LogP contribution in [0.3, 0.4) is 0 Å². The van der Waals surface area contributed by atoms with E-state index in [4.69, 9.17) is 0 Å². The first kappa shape index (κ1) is 21.9. The van der Waals surface area contributed by atoms with Crippen LogP contribution in [0.25, 0.3) is 21.7 Å². The maximum absolute atomic E-state index is 13.1. The first-order chi connectivity index (χ1) is 15.3. The molecule has 3 aromatic carbocycles. The van der Waals surface area contributed by atoms with Crippen molar-refractivity contribution in [3.05, 3.63) is 76.6 Å². The fourth-order valence-electron chi connectivity index (χ4n) is 3.43. The van der Waals surface area contributed by atoms with Crippen molar-refractivity contribution in [1.29, 1.82) is 0 Å². The Kier molecular flexibility index (Phi) is 5.92. The molecular formula is C23H18F3N3O2S. The number of nitrogens with one attached hydrogen (secondary N) is 1. The van der Waals surface area contributed by atoms with Crippen LogP contribution < -0.4 is 10.9 Å². The molecule has 0 aliphatic carbocycles. The van der Waals surface area contributed by atoms with E-state index in [-0.39, 0.29) is 17.0 Å². The summed E-state index contributed by atoms with van der Waals surface area (Å²) < 4.78 is 40.9. The quantitative estimate of drug-likeness (QED) is 0.250. The molecule has 0 atom stereocenters. The number of thioether (sulfide) groups is 1. The number of carbonyl (C=O) groups is 1. The van der Waals surface area contributed by atoms with E-state index < -0.39 is 17.6 Å². The predicted octanol–water partition coefficient (Wildman–Crippen LogP) is 5.32. The van der Waals surface area contributed by atoms with E-state index >= 15 is 0 Å². The Labute approximate surface area is 185 Å². The highest BCUT2D eigenvalue weighted by Gasteiger charge is 2.33. The number of hydrogen-bond acceptors (Lipinski definition) is 4. The van der Waals surface area contributed by atoms with E-state index in [2.05, 4.69) is 10.3 Å². The molecular weight excluding hydrogens is 439 g/mol. The van der Waals surface area contributed by atoms with Gasteiger partial charge < -0.3 is 5.32 Å². The van der Waals surface area contributed by atoms with Gasteiger partial charge in [-0.15, -0.1) is 0 Å². The molecule has 32 heavy (non-hydrogen) atoms. The van der Waals surface area contributed by atoms with Crippen LogP contribution in [0.15, 0.2) is 70.6 Å². The van der Waals surface area contributed by atoms with Crippen molar-refractivity contribution in [2.75, 3.05) is 11.1 Å². The Morgan fingerprint density at radius 1 is 1.06 bits per heavy atom. The average Bonchev–Trinajstić information content (AvgIpc) is 2.76. The van der Waals surface area contributed by atoms with Crippen LogP contribution in [0.4, 0.5) is 18.9 Å². The van der Waals surface area contributed by atoms with E-state index in [9.17, 15) is 22.8 Å². The highest BCUT2D eigenvalue weighted by atomic mass is 32.2. The van der Waals surface area contributed by atoms with Crippen LogP contribution in [-0.2, 0) is 17.5 Å². The molecule has 0 fully saturated rings. The number of fused-ring (bicyclic) bond motifs is 2. The molecule has 0 unspecified atom stereocenters. The summed E-state index contributed by atoms with van der Waals surface area (Å²) in [5, 5.41) is 4.96. The number of anilines is 1. The number of alkyl halides is 3. The summed E-state index contributed by atoms with van der Waals surface area (Å²) in [5.74, 6) is -0.820.